The second-order valence-electron chi connectivity index (χ2n) is 4.75. The Morgan fingerprint density at radius 2 is 2.05 bits per heavy atom. The Morgan fingerprint density at radius 1 is 1.20 bits per heavy atom. The van der Waals surface area contributed by atoms with E-state index in [4.69, 9.17) is 0 Å². The summed E-state index contributed by atoms with van der Waals surface area (Å²) in [5, 5.41) is 0.909. The molecule has 3 rings (SSSR count). The number of aryl methyl sites for hydroxylation is 2. The van der Waals surface area contributed by atoms with E-state index >= 15 is 0 Å². The third kappa shape index (κ3) is 2.88. The lowest BCUT2D eigenvalue weighted by molar-refractivity contribution is 1.07. The van der Waals surface area contributed by atoms with Crippen LogP contribution in [0.15, 0.2) is 40.0 Å². The molecule has 3 aromatic rings. The van der Waals surface area contributed by atoms with Crippen LogP contribution in [0.5, 0.6) is 0 Å². The van der Waals surface area contributed by atoms with E-state index in [0.29, 0.717) is 0 Å². The number of nitrogens with one attached hydrogen (secondary N) is 1. The summed E-state index contributed by atoms with van der Waals surface area (Å²) >= 11 is 5.19. The van der Waals surface area contributed by atoms with E-state index < -0.39 is 0 Å². The smallest absolute Gasteiger partial charge is 0.178 e. The van der Waals surface area contributed by atoms with Crippen LogP contribution in [-0.4, -0.2) is 15.0 Å². The predicted octanol–water partition coefficient (Wildman–Crippen LogP) is 4.63. The lowest BCUT2D eigenvalue weighted by atomic mass is 10.2. The van der Waals surface area contributed by atoms with Crippen LogP contribution >= 0.6 is 27.7 Å². The number of nitrogens with zero attached hydrogens (tertiary/aromatic N) is 2. The molecular weight excluding hydrogens is 334 g/mol. The van der Waals surface area contributed by atoms with Gasteiger partial charge in [0.15, 0.2) is 10.8 Å². The van der Waals surface area contributed by atoms with Gasteiger partial charge in [-0.05, 0) is 41.4 Å². The zero-order valence-electron chi connectivity index (χ0n) is 11.3. The van der Waals surface area contributed by atoms with Gasteiger partial charge in [-0.15, -0.1) is 0 Å². The number of thioether (sulfide) groups is 1. The summed E-state index contributed by atoms with van der Waals surface area (Å²) < 4.78 is 1.00. The first-order valence-electron chi connectivity index (χ1n) is 6.33. The zero-order valence-corrected chi connectivity index (χ0v) is 13.7. The maximum atomic E-state index is 4.53. The molecule has 2 heterocycles. The minimum atomic E-state index is 0.775. The highest BCUT2D eigenvalue weighted by Crippen LogP contribution is 2.25. The van der Waals surface area contributed by atoms with Gasteiger partial charge in [0.1, 0.15) is 0 Å². The maximum absolute atomic E-state index is 4.53. The number of benzene rings is 1. The van der Waals surface area contributed by atoms with Crippen molar-refractivity contribution in [2.75, 3.05) is 0 Å². The monoisotopic (exact) mass is 347 g/mol. The van der Waals surface area contributed by atoms with Crippen molar-refractivity contribution in [3.8, 4) is 0 Å². The molecule has 0 aliphatic carbocycles. The normalized spacial score (nSPS) is 11.2. The fourth-order valence-electron chi connectivity index (χ4n) is 2.01. The first kappa shape index (κ1) is 13.6. The second-order valence-corrected chi connectivity index (χ2v) is 6.56. The Kier molecular flexibility index (Phi) is 3.81. The van der Waals surface area contributed by atoms with Gasteiger partial charge in [-0.3, -0.25) is 0 Å². The highest BCUT2D eigenvalue weighted by atomic mass is 79.9. The molecule has 0 radical (unpaired) electrons. The Morgan fingerprint density at radius 3 is 2.85 bits per heavy atom. The number of aromatic amines is 1. The first-order chi connectivity index (χ1) is 9.61. The second kappa shape index (κ2) is 5.58. The van der Waals surface area contributed by atoms with Gasteiger partial charge in [0.05, 0.1) is 11.2 Å². The van der Waals surface area contributed by atoms with Crippen molar-refractivity contribution >= 4 is 38.9 Å². The standard InChI is InChI=1S/C15H14BrN3S/c1-9-4-3-5-11(6-9)8-20-15-18-13-7-12(16)10(2)17-14(13)19-15/h3-7H,8H2,1-2H3,(H,17,18,19). The summed E-state index contributed by atoms with van der Waals surface area (Å²) in [6, 6.07) is 10.6. The van der Waals surface area contributed by atoms with Crippen LogP contribution in [0.3, 0.4) is 0 Å². The van der Waals surface area contributed by atoms with Gasteiger partial charge in [-0.1, -0.05) is 41.6 Å². The summed E-state index contributed by atoms with van der Waals surface area (Å²) in [6.45, 7) is 4.08. The predicted molar refractivity (Wildman–Crippen MR) is 87.1 cm³/mol. The average molecular weight is 348 g/mol. The molecule has 1 N–H and O–H groups in total. The van der Waals surface area contributed by atoms with Crippen LogP contribution in [0.1, 0.15) is 16.8 Å². The number of hydrogen-bond donors (Lipinski definition) is 1. The minimum Gasteiger partial charge on any atom is -0.331 e. The Labute approximate surface area is 130 Å². The van der Waals surface area contributed by atoms with Crippen LogP contribution in [0.4, 0.5) is 0 Å². The van der Waals surface area contributed by atoms with Crippen LogP contribution in [0, 0.1) is 13.8 Å². The molecule has 102 valence electrons. The molecule has 0 amide bonds. The van der Waals surface area contributed by atoms with Gasteiger partial charge < -0.3 is 4.98 Å². The van der Waals surface area contributed by atoms with Crippen molar-refractivity contribution in [3.05, 3.63) is 51.6 Å². The summed E-state index contributed by atoms with van der Waals surface area (Å²) in [4.78, 5) is 12.3. The summed E-state index contributed by atoms with van der Waals surface area (Å²) in [6.07, 6.45) is 0. The number of hydrogen-bond acceptors (Lipinski definition) is 3. The highest BCUT2D eigenvalue weighted by molar-refractivity contribution is 9.10. The van der Waals surface area contributed by atoms with Crippen molar-refractivity contribution < 1.29 is 0 Å². The molecule has 0 aliphatic rings. The Balaban J connectivity index is 1.81. The van der Waals surface area contributed by atoms with Crippen molar-refractivity contribution in [2.45, 2.75) is 24.8 Å². The molecule has 0 spiro atoms. The molecule has 0 atom stereocenters. The number of halogens is 1. The quantitative estimate of drug-likeness (QED) is 0.702. The lowest BCUT2D eigenvalue weighted by Crippen LogP contribution is -1.84. The van der Waals surface area contributed by atoms with E-state index in [1.54, 1.807) is 11.8 Å². The van der Waals surface area contributed by atoms with Crippen LogP contribution < -0.4 is 0 Å². The SMILES string of the molecule is Cc1cccc(CSc2nc3nc(C)c(Br)cc3[nH]2)c1. The number of aromatic nitrogens is 3. The number of imidazole rings is 1. The molecule has 5 heteroatoms. The van der Waals surface area contributed by atoms with Gasteiger partial charge in [0.2, 0.25) is 0 Å². The third-order valence-corrected chi connectivity index (χ3v) is 4.79. The largest absolute Gasteiger partial charge is 0.331 e. The molecule has 0 aliphatic heterocycles. The van der Waals surface area contributed by atoms with Crippen molar-refractivity contribution in [1.29, 1.82) is 0 Å². The molecule has 0 bridgehead atoms. The fraction of sp³-hybridized carbons (Fsp3) is 0.200. The molecule has 0 saturated carbocycles. The molecule has 1 aromatic carbocycles. The topological polar surface area (TPSA) is 41.6 Å². The van der Waals surface area contributed by atoms with Gasteiger partial charge in [-0.25, -0.2) is 9.97 Å². The summed E-state index contributed by atoms with van der Waals surface area (Å²) in [5.74, 6) is 0.904. The third-order valence-electron chi connectivity index (χ3n) is 3.04. The van der Waals surface area contributed by atoms with E-state index in [1.807, 2.05) is 13.0 Å². The summed E-state index contributed by atoms with van der Waals surface area (Å²) in [5.41, 5.74) is 5.29. The molecule has 0 fully saturated rings. The maximum Gasteiger partial charge on any atom is 0.178 e. The molecule has 2 aromatic heterocycles. The number of pyridine rings is 1. The Hall–Kier alpha value is -1.33. The lowest BCUT2D eigenvalue weighted by Gasteiger charge is -2.00. The Bertz CT molecular complexity index is 728. The van der Waals surface area contributed by atoms with Gasteiger partial charge >= 0.3 is 0 Å². The molecule has 0 unspecified atom stereocenters. The molecule has 3 nitrogen and oxygen atoms in total. The van der Waals surface area contributed by atoms with E-state index in [9.17, 15) is 0 Å². The molecule has 20 heavy (non-hydrogen) atoms. The van der Waals surface area contributed by atoms with Gasteiger partial charge in [-0.2, -0.15) is 0 Å². The minimum absolute atomic E-state index is 0.775. The van der Waals surface area contributed by atoms with Crippen molar-refractivity contribution in [2.24, 2.45) is 0 Å². The van der Waals surface area contributed by atoms with E-state index in [-0.39, 0.29) is 0 Å². The van der Waals surface area contributed by atoms with Crippen molar-refractivity contribution in [1.82, 2.24) is 15.0 Å². The van der Waals surface area contributed by atoms with Crippen LogP contribution in [0.25, 0.3) is 11.2 Å². The zero-order chi connectivity index (χ0) is 14.1. The molecular formula is C15H14BrN3S. The van der Waals surface area contributed by atoms with E-state index in [2.05, 4.69) is 62.1 Å². The van der Waals surface area contributed by atoms with E-state index in [1.165, 1.54) is 11.1 Å². The number of fused-ring (bicyclic) bond motifs is 1. The highest BCUT2D eigenvalue weighted by Gasteiger charge is 2.07. The number of H-pyrrole nitrogens is 1. The first-order valence-corrected chi connectivity index (χ1v) is 8.11. The van der Waals surface area contributed by atoms with Gasteiger partial charge in [0, 0.05) is 10.2 Å². The van der Waals surface area contributed by atoms with Crippen LogP contribution in [0.2, 0.25) is 0 Å². The van der Waals surface area contributed by atoms with E-state index in [0.717, 1.165) is 32.2 Å². The van der Waals surface area contributed by atoms with Crippen LogP contribution in [-0.2, 0) is 5.75 Å². The van der Waals surface area contributed by atoms with Gasteiger partial charge in [0.25, 0.3) is 0 Å². The summed E-state index contributed by atoms with van der Waals surface area (Å²) in [7, 11) is 0. The average Bonchev–Trinajstić information content (AvgIpc) is 2.79. The van der Waals surface area contributed by atoms with Crippen molar-refractivity contribution in [3.63, 3.8) is 0 Å². The molecule has 0 saturated heterocycles. The number of rotatable bonds is 3. The fourth-order valence-corrected chi connectivity index (χ4v) is 3.14.